The second-order valence-electron chi connectivity index (χ2n) is 4.73. The first kappa shape index (κ1) is 18.5. The van der Waals surface area contributed by atoms with Gasteiger partial charge in [-0.2, -0.15) is 0 Å². The predicted molar refractivity (Wildman–Crippen MR) is 75.2 cm³/mol. The van der Waals surface area contributed by atoms with Crippen LogP contribution in [0.1, 0.15) is 39.0 Å². The van der Waals surface area contributed by atoms with Crippen molar-refractivity contribution in [3.63, 3.8) is 0 Å². The lowest BCUT2D eigenvalue weighted by Gasteiger charge is -2.20. The molecule has 0 radical (unpaired) electrons. The number of aliphatic carboxylic acids is 1. The number of nitrogens with two attached hydrogens (primary N) is 1. The normalized spacial score (nSPS) is 13.6. The first-order valence-electron chi connectivity index (χ1n) is 6.82. The van der Waals surface area contributed by atoms with Crippen LogP contribution in [0.2, 0.25) is 0 Å². The molecule has 7 nitrogen and oxygen atoms in total. The Morgan fingerprint density at radius 1 is 1.15 bits per heavy atom. The van der Waals surface area contributed by atoms with Crippen LogP contribution in [0.25, 0.3) is 0 Å². The number of ketones is 1. The third-order valence-electron chi connectivity index (χ3n) is 3.07. The molecule has 2 atom stereocenters. The van der Waals surface area contributed by atoms with Gasteiger partial charge in [-0.3, -0.25) is 14.4 Å². The molecule has 0 bridgehead atoms. The highest BCUT2D eigenvalue weighted by Crippen LogP contribution is 2.04. The van der Waals surface area contributed by atoms with Gasteiger partial charge in [-0.15, -0.1) is 0 Å². The molecule has 0 aromatic rings. The second-order valence-corrected chi connectivity index (χ2v) is 4.73. The Kier molecular flexibility index (Phi) is 9.57. The quantitative estimate of drug-likeness (QED) is 0.385. The summed E-state index contributed by atoms with van der Waals surface area (Å²) in [6, 6.07) is -1.14. The number of hydrogen-bond donors (Lipinski definition) is 4. The van der Waals surface area contributed by atoms with Gasteiger partial charge < -0.3 is 21.5 Å². The van der Waals surface area contributed by atoms with E-state index in [4.69, 9.17) is 10.8 Å². The molecule has 0 aromatic heterocycles. The van der Waals surface area contributed by atoms with E-state index < -0.39 is 18.1 Å². The number of hydrogen-bond acceptors (Lipinski definition) is 5. The van der Waals surface area contributed by atoms with E-state index in [-0.39, 0.29) is 24.5 Å². The molecule has 0 heterocycles. The number of nitrogens with one attached hydrogen (secondary N) is 2. The molecule has 0 saturated carbocycles. The molecule has 0 aliphatic carbocycles. The minimum atomic E-state index is -0.955. The number of carbonyl (C=O) groups is 3. The number of rotatable bonds is 11. The maximum atomic E-state index is 12.0. The minimum absolute atomic E-state index is 0.100. The highest BCUT2D eigenvalue weighted by molar-refractivity contribution is 5.89. The van der Waals surface area contributed by atoms with Gasteiger partial charge in [0.05, 0.1) is 12.1 Å². The molecule has 0 fully saturated rings. The standard InChI is InChI=1S/C13H25N3O4/c1-9(17)10(5-3-4-8-14)16-13(20)11(15-2)6-7-12(18)19/h10-11,15H,3-8,14H2,1-2H3,(H,16,20)(H,18,19)/t10-,11-/m1/s1. The van der Waals surface area contributed by atoms with Crippen molar-refractivity contribution < 1.29 is 19.5 Å². The molecule has 1 amide bonds. The van der Waals surface area contributed by atoms with Gasteiger partial charge in [-0.05, 0) is 46.2 Å². The summed E-state index contributed by atoms with van der Waals surface area (Å²) in [6.45, 7) is 1.98. The zero-order valence-corrected chi connectivity index (χ0v) is 12.1. The Labute approximate surface area is 119 Å². The number of carboxylic acids is 1. The molecule has 5 N–H and O–H groups in total. The van der Waals surface area contributed by atoms with Crippen LogP contribution >= 0.6 is 0 Å². The van der Waals surface area contributed by atoms with Crippen LogP contribution in [0.5, 0.6) is 0 Å². The van der Waals surface area contributed by atoms with Crippen molar-refractivity contribution in [1.29, 1.82) is 0 Å². The summed E-state index contributed by atoms with van der Waals surface area (Å²) in [5.41, 5.74) is 5.39. The van der Waals surface area contributed by atoms with Gasteiger partial charge in [0, 0.05) is 6.42 Å². The van der Waals surface area contributed by atoms with Crippen molar-refractivity contribution in [2.45, 2.75) is 51.1 Å². The van der Waals surface area contributed by atoms with Gasteiger partial charge in [-0.1, -0.05) is 0 Å². The fourth-order valence-corrected chi connectivity index (χ4v) is 1.82. The monoisotopic (exact) mass is 287 g/mol. The average Bonchev–Trinajstić information content (AvgIpc) is 2.37. The van der Waals surface area contributed by atoms with E-state index in [1.807, 2.05) is 0 Å². The fourth-order valence-electron chi connectivity index (χ4n) is 1.82. The molecule has 0 spiro atoms. The third kappa shape index (κ3) is 7.85. The number of carboxylic acid groups (broad SMARTS) is 1. The molecule has 116 valence electrons. The van der Waals surface area contributed by atoms with Crippen molar-refractivity contribution in [3.05, 3.63) is 0 Å². The van der Waals surface area contributed by atoms with Crippen LogP contribution in [0.4, 0.5) is 0 Å². The Hall–Kier alpha value is -1.47. The first-order valence-corrected chi connectivity index (χ1v) is 6.82. The second kappa shape index (κ2) is 10.3. The van der Waals surface area contributed by atoms with E-state index in [2.05, 4.69) is 10.6 Å². The van der Waals surface area contributed by atoms with Crippen LogP contribution < -0.4 is 16.4 Å². The summed E-state index contributed by atoms with van der Waals surface area (Å²) in [5, 5.41) is 14.1. The van der Waals surface area contributed by atoms with Gasteiger partial charge in [0.15, 0.2) is 5.78 Å². The van der Waals surface area contributed by atoms with Crippen molar-refractivity contribution >= 4 is 17.7 Å². The predicted octanol–water partition coefficient (Wildman–Crippen LogP) is -0.358. The molecule has 7 heteroatoms. The van der Waals surface area contributed by atoms with E-state index >= 15 is 0 Å². The summed E-state index contributed by atoms with van der Waals surface area (Å²) in [5.74, 6) is -1.41. The van der Waals surface area contributed by atoms with Gasteiger partial charge in [0.2, 0.25) is 5.91 Å². The van der Waals surface area contributed by atoms with E-state index in [1.54, 1.807) is 7.05 Å². The highest BCUT2D eigenvalue weighted by Gasteiger charge is 2.22. The largest absolute Gasteiger partial charge is 0.481 e. The van der Waals surface area contributed by atoms with Crippen molar-refractivity contribution in [2.75, 3.05) is 13.6 Å². The van der Waals surface area contributed by atoms with Gasteiger partial charge in [0.25, 0.3) is 0 Å². The summed E-state index contributed by atoms with van der Waals surface area (Å²) in [6.07, 6.45) is 2.20. The van der Waals surface area contributed by atoms with E-state index in [1.165, 1.54) is 6.92 Å². The van der Waals surface area contributed by atoms with E-state index in [9.17, 15) is 14.4 Å². The summed E-state index contributed by atoms with van der Waals surface area (Å²) in [7, 11) is 1.59. The summed E-state index contributed by atoms with van der Waals surface area (Å²) in [4.78, 5) is 34.0. The van der Waals surface area contributed by atoms with E-state index in [0.29, 0.717) is 13.0 Å². The molecule has 0 saturated heterocycles. The maximum absolute atomic E-state index is 12.0. The average molecular weight is 287 g/mol. The van der Waals surface area contributed by atoms with E-state index in [0.717, 1.165) is 12.8 Å². The smallest absolute Gasteiger partial charge is 0.303 e. The third-order valence-corrected chi connectivity index (χ3v) is 3.07. The van der Waals surface area contributed by atoms with Crippen molar-refractivity contribution in [1.82, 2.24) is 10.6 Å². The Morgan fingerprint density at radius 2 is 1.80 bits per heavy atom. The molecule has 20 heavy (non-hydrogen) atoms. The highest BCUT2D eigenvalue weighted by atomic mass is 16.4. The zero-order valence-electron chi connectivity index (χ0n) is 12.1. The zero-order chi connectivity index (χ0) is 15.5. The Balaban J connectivity index is 4.39. The van der Waals surface area contributed by atoms with Gasteiger partial charge in [0.1, 0.15) is 0 Å². The number of amides is 1. The van der Waals surface area contributed by atoms with Crippen LogP contribution in [-0.2, 0) is 14.4 Å². The Morgan fingerprint density at radius 3 is 2.25 bits per heavy atom. The fraction of sp³-hybridized carbons (Fsp3) is 0.769. The molecule has 0 aliphatic rings. The SMILES string of the molecule is CN[C@H](CCC(=O)O)C(=O)N[C@H](CCCCN)C(C)=O. The summed E-state index contributed by atoms with van der Waals surface area (Å²) >= 11 is 0. The molecule has 0 aliphatic heterocycles. The van der Waals surface area contributed by atoms with Crippen LogP contribution in [0, 0.1) is 0 Å². The lowest BCUT2D eigenvalue weighted by molar-refractivity contribution is -0.137. The molecular weight excluding hydrogens is 262 g/mol. The van der Waals surface area contributed by atoms with Gasteiger partial charge >= 0.3 is 5.97 Å². The minimum Gasteiger partial charge on any atom is -0.481 e. The number of likely N-dealkylation sites (N-methyl/N-ethyl adjacent to an activating group) is 1. The lowest BCUT2D eigenvalue weighted by atomic mass is 10.0. The topological polar surface area (TPSA) is 122 Å². The van der Waals surface area contributed by atoms with Gasteiger partial charge in [-0.25, -0.2) is 0 Å². The first-order chi connectivity index (χ1) is 9.42. The Bertz CT molecular complexity index is 334. The van der Waals surface area contributed by atoms with Crippen LogP contribution in [0.15, 0.2) is 0 Å². The van der Waals surface area contributed by atoms with Crippen molar-refractivity contribution in [3.8, 4) is 0 Å². The van der Waals surface area contributed by atoms with Crippen LogP contribution in [0.3, 0.4) is 0 Å². The molecule has 0 rings (SSSR count). The molecule has 0 unspecified atom stereocenters. The van der Waals surface area contributed by atoms with Crippen LogP contribution in [-0.4, -0.2) is 48.4 Å². The lowest BCUT2D eigenvalue weighted by Crippen LogP contribution is -2.49. The molecular formula is C13H25N3O4. The summed E-state index contributed by atoms with van der Waals surface area (Å²) < 4.78 is 0. The van der Waals surface area contributed by atoms with Crippen molar-refractivity contribution in [2.24, 2.45) is 5.73 Å². The number of carbonyl (C=O) groups excluding carboxylic acids is 2. The maximum Gasteiger partial charge on any atom is 0.303 e. The molecule has 0 aromatic carbocycles. The number of unbranched alkanes of at least 4 members (excludes halogenated alkanes) is 1. The number of Topliss-reactive ketones (excluding diaryl/α,β-unsaturated/α-hetero) is 1.